The molecule has 0 aromatic rings. The molecule has 20 heavy (non-hydrogen) atoms. The molecule has 0 unspecified atom stereocenters. The highest BCUT2D eigenvalue weighted by atomic mass is 16.6. The van der Waals surface area contributed by atoms with Crippen LogP contribution in [0.25, 0.3) is 0 Å². The predicted molar refractivity (Wildman–Crippen MR) is 76.3 cm³/mol. The molecule has 114 valence electrons. The van der Waals surface area contributed by atoms with E-state index in [0.29, 0.717) is 18.9 Å². The summed E-state index contributed by atoms with van der Waals surface area (Å²) in [5.74, 6) is 0.0240. The SMILES string of the molecule is C=CC[C@@H](C(=O)OC)N(CC1CC1)C(=O)OC(C)(C)C. The van der Waals surface area contributed by atoms with Crippen LogP contribution in [0.2, 0.25) is 0 Å². The summed E-state index contributed by atoms with van der Waals surface area (Å²) in [5.41, 5.74) is -0.590. The van der Waals surface area contributed by atoms with Crippen LogP contribution < -0.4 is 0 Å². The first-order valence-electron chi connectivity index (χ1n) is 6.97. The molecule has 0 aromatic heterocycles. The van der Waals surface area contributed by atoms with Gasteiger partial charge in [-0.2, -0.15) is 0 Å². The second-order valence-electron chi connectivity index (χ2n) is 6.14. The molecule has 0 heterocycles. The number of hydrogen-bond donors (Lipinski definition) is 0. The van der Waals surface area contributed by atoms with Crippen molar-refractivity contribution in [3.05, 3.63) is 12.7 Å². The van der Waals surface area contributed by atoms with Gasteiger partial charge in [0.25, 0.3) is 0 Å². The molecule has 0 radical (unpaired) electrons. The van der Waals surface area contributed by atoms with E-state index in [-0.39, 0.29) is 0 Å². The molecule has 1 rings (SSSR count). The van der Waals surface area contributed by atoms with E-state index in [9.17, 15) is 9.59 Å². The van der Waals surface area contributed by atoms with Gasteiger partial charge in [-0.3, -0.25) is 4.90 Å². The Kier molecular flexibility index (Phi) is 5.60. The number of carbonyl (C=O) groups excluding carboxylic acids is 2. The van der Waals surface area contributed by atoms with Crippen molar-refractivity contribution in [3.8, 4) is 0 Å². The highest BCUT2D eigenvalue weighted by molar-refractivity contribution is 5.81. The van der Waals surface area contributed by atoms with Crippen molar-refractivity contribution >= 4 is 12.1 Å². The summed E-state index contributed by atoms with van der Waals surface area (Å²) in [6.45, 7) is 9.59. The largest absolute Gasteiger partial charge is 0.467 e. The Balaban J connectivity index is 2.86. The van der Waals surface area contributed by atoms with Gasteiger partial charge in [0.15, 0.2) is 0 Å². The molecule has 1 atom stereocenters. The molecule has 0 bridgehead atoms. The van der Waals surface area contributed by atoms with Gasteiger partial charge in [0.2, 0.25) is 0 Å². The molecule has 1 saturated carbocycles. The molecule has 0 spiro atoms. The molecular formula is C15H25NO4. The number of methoxy groups -OCH3 is 1. The van der Waals surface area contributed by atoms with Gasteiger partial charge in [-0.05, 0) is 46.0 Å². The Morgan fingerprint density at radius 2 is 2.00 bits per heavy atom. The second kappa shape index (κ2) is 6.77. The van der Waals surface area contributed by atoms with Gasteiger partial charge in [0, 0.05) is 6.54 Å². The molecule has 0 aromatic carbocycles. The first-order chi connectivity index (χ1) is 9.28. The van der Waals surface area contributed by atoms with Crippen molar-refractivity contribution < 1.29 is 19.1 Å². The van der Waals surface area contributed by atoms with Crippen LogP contribution >= 0.6 is 0 Å². The summed E-state index contributed by atoms with van der Waals surface area (Å²) >= 11 is 0. The highest BCUT2D eigenvalue weighted by Gasteiger charge is 2.36. The monoisotopic (exact) mass is 283 g/mol. The minimum Gasteiger partial charge on any atom is -0.467 e. The molecule has 1 aliphatic carbocycles. The van der Waals surface area contributed by atoms with Gasteiger partial charge in [-0.15, -0.1) is 6.58 Å². The zero-order chi connectivity index (χ0) is 15.3. The van der Waals surface area contributed by atoms with E-state index in [2.05, 4.69) is 6.58 Å². The van der Waals surface area contributed by atoms with E-state index >= 15 is 0 Å². The van der Waals surface area contributed by atoms with Crippen LogP contribution in [-0.2, 0) is 14.3 Å². The number of hydrogen-bond acceptors (Lipinski definition) is 4. The summed E-state index contributed by atoms with van der Waals surface area (Å²) in [5, 5.41) is 0. The smallest absolute Gasteiger partial charge is 0.411 e. The molecule has 5 heteroatoms. The third kappa shape index (κ3) is 5.23. The number of nitrogens with zero attached hydrogens (tertiary/aromatic N) is 1. The lowest BCUT2D eigenvalue weighted by molar-refractivity contribution is -0.146. The minimum atomic E-state index is -0.659. The fourth-order valence-electron chi connectivity index (χ4n) is 1.87. The van der Waals surface area contributed by atoms with Crippen LogP contribution in [0, 0.1) is 5.92 Å². The van der Waals surface area contributed by atoms with E-state index in [4.69, 9.17) is 9.47 Å². The van der Waals surface area contributed by atoms with Crippen LogP contribution in [0.1, 0.15) is 40.0 Å². The molecule has 0 saturated heterocycles. The van der Waals surface area contributed by atoms with Crippen LogP contribution in [0.5, 0.6) is 0 Å². The maximum absolute atomic E-state index is 12.3. The third-order valence-corrected chi connectivity index (χ3v) is 3.02. The molecule has 0 aliphatic heterocycles. The van der Waals surface area contributed by atoms with Crippen molar-refractivity contribution in [1.82, 2.24) is 4.90 Å². The van der Waals surface area contributed by atoms with E-state index in [0.717, 1.165) is 12.8 Å². The van der Waals surface area contributed by atoms with E-state index in [1.165, 1.54) is 12.0 Å². The van der Waals surface area contributed by atoms with Gasteiger partial charge in [0.05, 0.1) is 7.11 Å². The number of ether oxygens (including phenoxy) is 2. The van der Waals surface area contributed by atoms with Gasteiger partial charge in [-0.25, -0.2) is 9.59 Å². The van der Waals surface area contributed by atoms with E-state index in [1.54, 1.807) is 26.8 Å². The van der Waals surface area contributed by atoms with Crippen LogP contribution in [0.3, 0.4) is 0 Å². The van der Waals surface area contributed by atoms with Crippen molar-refractivity contribution in [3.63, 3.8) is 0 Å². The third-order valence-electron chi connectivity index (χ3n) is 3.02. The Morgan fingerprint density at radius 3 is 2.40 bits per heavy atom. The summed E-state index contributed by atoms with van der Waals surface area (Å²) in [6.07, 6.45) is 3.68. The van der Waals surface area contributed by atoms with Gasteiger partial charge < -0.3 is 9.47 Å². The maximum atomic E-state index is 12.3. The first-order valence-corrected chi connectivity index (χ1v) is 6.97. The summed E-state index contributed by atoms with van der Waals surface area (Å²) in [4.78, 5) is 25.7. The average Bonchev–Trinajstić information content (AvgIpc) is 3.14. The molecular weight excluding hydrogens is 258 g/mol. The minimum absolute atomic E-state index is 0.360. The zero-order valence-electron chi connectivity index (χ0n) is 12.8. The molecule has 0 N–H and O–H groups in total. The average molecular weight is 283 g/mol. The van der Waals surface area contributed by atoms with Crippen LogP contribution in [0.15, 0.2) is 12.7 Å². The number of rotatable bonds is 6. The Hall–Kier alpha value is -1.52. The topological polar surface area (TPSA) is 55.8 Å². The highest BCUT2D eigenvalue weighted by Crippen LogP contribution is 2.31. The van der Waals surface area contributed by atoms with Crippen LogP contribution in [0.4, 0.5) is 4.79 Å². The lowest BCUT2D eigenvalue weighted by atomic mass is 10.1. The Morgan fingerprint density at radius 1 is 1.40 bits per heavy atom. The molecule has 1 aliphatic rings. The Bertz CT molecular complexity index is 369. The number of esters is 1. The predicted octanol–water partition coefficient (Wildman–Crippen LogP) is 2.75. The standard InChI is InChI=1S/C15H25NO4/c1-6-7-12(13(17)19-5)16(10-11-8-9-11)14(18)20-15(2,3)4/h6,11-12H,1,7-10H2,2-5H3/t12-/m0/s1. The van der Waals surface area contributed by atoms with Crippen molar-refractivity contribution in [1.29, 1.82) is 0 Å². The lowest BCUT2D eigenvalue weighted by Gasteiger charge is -2.31. The summed E-state index contributed by atoms with van der Waals surface area (Å²) in [6, 6.07) is -0.659. The molecule has 1 amide bonds. The normalized spacial score (nSPS) is 16.2. The molecule has 1 fully saturated rings. The fourth-order valence-corrected chi connectivity index (χ4v) is 1.87. The van der Waals surface area contributed by atoms with Crippen LogP contribution in [-0.4, -0.2) is 42.3 Å². The van der Waals surface area contributed by atoms with Gasteiger partial charge in [-0.1, -0.05) is 6.08 Å². The second-order valence-corrected chi connectivity index (χ2v) is 6.14. The quantitative estimate of drug-likeness (QED) is 0.555. The summed E-state index contributed by atoms with van der Waals surface area (Å²) in [7, 11) is 1.32. The first kappa shape index (κ1) is 16.5. The maximum Gasteiger partial charge on any atom is 0.411 e. The van der Waals surface area contributed by atoms with Gasteiger partial charge >= 0.3 is 12.1 Å². The Labute approximate surface area is 120 Å². The zero-order valence-corrected chi connectivity index (χ0v) is 12.8. The van der Waals surface area contributed by atoms with Crippen molar-refractivity contribution in [2.45, 2.75) is 51.7 Å². The number of carbonyl (C=O) groups is 2. The van der Waals surface area contributed by atoms with E-state index in [1.807, 2.05) is 0 Å². The molecule has 5 nitrogen and oxygen atoms in total. The summed E-state index contributed by atoms with van der Waals surface area (Å²) < 4.78 is 10.2. The van der Waals surface area contributed by atoms with Crippen molar-refractivity contribution in [2.24, 2.45) is 5.92 Å². The fraction of sp³-hybridized carbons (Fsp3) is 0.733. The lowest BCUT2D eigenvalue weighted by Crippen LogP contribution is -2.48. The van der Waals surface area contributed by atoms with E-state index < -0.39 is 23.7 Å². The number of amides is 1. The van der Waals surface area contributed by atoms with Gasteiger partial charge in [0.1, 0.15) is 11.6 Å². The van der Waals surface area contributed by atoms with Crippen molar-refractivity contribution in [2.75, 3.05) is 13.7 Å².